The fourth-order valence-corrected chi connectivity index (χ4v) is 2.95. The highest BCUT2D eigenvalue weighted by atomic mass is 35.5. The lowest BCUT2D eigenvalue weighted by Gasteiger charge is -2.15. The van der Waals surface area contributed by atoms with Crippen molar-refractivity contribution in [3.8, 4) is 17.2 Å². The number of ether oxygens (including phenoxy) is 2. The number of benzene rings is 3. The molecule has 1 amide bonds. The molecular weight excluding hydrogens is 386 g/mol. The monoisotopic (exact) mass is 409 g/mol. The predicted molar refractivity (Wildman–Crippen MR) is 117 cm³/mol. The summed E-state index contributed by atoms with van der Waals surface area (Å²) in [6.45, 7) is 6.16. The number of nitrogens with one attached hydrogen (secondary N) is 1. The molecule has 29 heavy (non-hydrogen) atoms. The molecular formula is C24H24ClNO3. The van der Waals surface area contributed by atoms with Crippen LogP contribution in [-0.2, 0) is 4.79 Å². The normalized spacial score (nSPS) is 10.7. The van der Waals surface area contributed by atoms with Gasteiger partial charge in [0.05, 0.1) is 0 Å². The first-order valence-corrected chi connectivity index (χ1v) is 9.85. The third kappa shape index (κ3) is 6.00. The predicted octanol–water partition coefficient (Wildman–Crippen LogP) is 6.58. The van der Waals surface area contributed by atoms with Crippen LogP contribution in [0.15, 0.2) is 66.7 Å². The summed E-state index contributed by atoms with van der Waals surface area (Å²) < 4.78 is 11.5. The van der Waals surface area contributed by atoms with E-state index in [1.165, 1.54) is 0 Å². The second kappa shape index (κ2) is 9.48. The van der Waals surface area contributed by atoms with Gasteiger partial charge in [0.15, 0.2) is 6.61 Å². The quantitative estimate of drug-likeness (QED) is 0.479. The lowest BCUT2D eigenvalue weighted by Crippen LogP contribution is -2.20. The summed E-state index contributed by atoms with van der Waals surface area (Å²) in [7, 11) is 0. The number of amides is 1. The maximum Gasteiger partial charge on any atom is 0.262 e. The lowest BCUT2D eigenvalue weighted by molar-refractivity contribution is -0.118. The minimum atomic E-state index is -0.215. The van der Waals surface area contributed by atoms with E-state index in [9.17, 15) is 4.79 Å². The fourth-order valence-electron chi connectivity index (χ4n) is 2.83. The van der Waals surface area contributed by atoms with Gasteiger partial charge in [-0.1, -0.05) is 37.6 Å². The first-order valence-electron chi connectivity index (χ1n) is 9.47. The van der Waals surface area contributed by atoms with Gasteiger partial charge in [-0.25, -0.2) is 0 Å². The Morgan fingerprint density at radius 3 is 2.21 bits per heavy atom. The smallest absolute Gasteiger partial charge is 0.262 e. The summed E-state index contributed by atoms with van der Waals surface area (Å²) in [6.07, 6.45) is 0. The number of aryl methyl sites for hydroxylation is 1. The van der Waals surface area contributed by atoms with Gasteiger partial charge in [-0.2, -0.15) is 0 Å². The molecule has 0 radical (unpaired) electrons. The third-order valence-corrected chi connectivity index (χ3v) is 4.59. The summed E-state index contributed by atoms with van der Waals surface area (Å²) in [6, 6.07) is 20.4. The second-order valence-electron chi connectivity index (χ2n) is 7.11. The van der Waals surface area contributed by atoms with Gasteiger partial charge in [-0.05, 0) is 78.6 Å². The zero-order chi connectivity index (χ0) is 20.8. The van der Waals surface area contributed by atoms with Gasteiger partial charge in [0.2, 0.25) is 0 Å². The number of carbonyl (C=O) groups is 1. The average Bonchev–Trinajstić information content (AvgIpc) is 2.69. The van der Waals surface area contributed by atoms with E-state index in [4.69, 9.17) is 21.1 Å². The van der Waals surface area contributed by atoms with Crippen LogP contribution < -0.4 is 14.8 Å². The van der Waals surface area contributed by atoms with Gasteiger partial charge in [0.1, 0.15) is 17.2 Å². The first-order chi connectivity index (χ1) is 13.9. The van der Waals surface area contributed by atoms with Crippen LogP contribution in [0.4, 0.5) is 5.69 Å². The van der Waals surface area contributed by atoms with Crippen molar-refractivity contribution in [3.63, 3.8) is 0 Å². The minimum absolute atomic E-state index is 0.0494. The molecule has 0 spiro atoms. The molecule has 0 saturated carbocycles. The first kappa shape index (κ1) is 20.7. The van der Waals surface area contributed by atoms with Crippen molar-refractivity contribution in [3.05, 3.63) is 82.9 Å². The van der Waals surface area contributed by atoms with Gasteiger partial charge >= 0.3 is 0 Å². The standard InChI is InChI=1S/C24H24ClNO3/c1-16(2)22-13-4-17(3)14-23(22)28-15-24(27)26-19-7-11-21(12-8-19)29-20-9-5-18(25)6-10-20/h4-14,16H,15H2,1-3H3,(H,26,27). The largest absolute Gasteiger partial charge is 0.483 e. The molecule has 4 nitrogen and oxygen atoms in total. The molecule has 0 heterocycles. The molecule has 5 heteroatoms. The van der Waals surface area contributed by atoms with Crippen molar-refractivity contribution in [1.29, 1.82) is 0 Å². The van der Waals surface area contributed by atoms with Crippen molar-refractivity contribution < 1.29 is 14.3 Å². The molecule has 0 fully saturated rings. The average molecular weight is 410 g/mol. The Bertz CT molecular complexity index is 966. The molecule has 0 unspecified atom stereocenters. The van der Waals surface area contributed by atoms with Gasteiger partial charge in [0.25, 0.3) is 5.91 Å². The highest BCUT2D eigenvalue weighted by Gasteiger charge is 2.10. The Kier molecular flexibility index (Phi) is 6.78. The highest BCUT2D eigenvalue weighted by Crippen LogP contribution is 2.28. The zero-order valence-electron chi connectivity index (χ0n) is 16.7. The Morgan fingerprint density at radius 1 is 0.966 bits per heavy atom. The van der Waals surface area contributed by atoms with E-state index < -0.39 is 0 Å². The van der Waals surface area contributed by atoms with Crippen LogP contribution in [0.3, 0.4) is 0 Å². The molecule has 1 N–H and O–H groups in total. The number of halogens is 1. The van der Waals surface area contributed by atoms with Crippen molar-refractivity contribution >= 4 is 23.2 Å². The Morgan fingerprint density at radius 2 is 1.59 bits per heavy atom. The SMILES string of the molecule is Cc1ccc(C(C)C)c(OCC(=O)Nc2ccc(Oc3ccc(Cl)cc3)cc2)c1. The third-order valence-electron chi connectivity index (χ3n) is 4.34. The van der Waals surface area contributed by atoms with E-state index in [1.807, 2.05) is 19.1 Å². The van der Waals surface area contributed by atoms with E-state index in [-0.39, 0.29) is 12.5 Å². The van der Waals surface area contributed by atoms with Crippen LogP contribution in [0, 0.1) is 6.92 Å². The molecule has 0 saturated heterocycles. The molecule has 150 valence electrons. The van der Waals surface area contributed by atoms with Gasteiger partial charge in [0, 0.05) is 10.7 Å². The molecule has 0 bridgehead atoms. The Labute approximate surface area is 176 Å². The second-order valence-corrected chi connectivity index (χ2v) is 7.55. The number of hydrogen-bond donors (Lipinski definition) is 1. The molecule has 0 aliphatic heterocycles. The summed E-state index contributed by atoms with van der Waals surface area (Å²) in [5.74, 6) is 2.22. The molecule has 3 aromatic rings. The van der Waals surface area contributed by atoms with Crippen molar-refractivity contribution in [2.24, 2.45) is 0 Å². The molecule has 3 rings (SSSR count). The van der Waals surface area contributed by atoms with E-state index >= 15 is 0 Å². The summed E-state index contributed by atoms with van der Waals surface area (Å²) in [4.78, 5) is 12.3. The van der Waals surface area contributed by atoms with Crippen molar-refractivity contribution in [2.75, 3.05) is 11.9 Å². The van der Waals surface area contributed by atoms with Crippen LogP contribution in [0.1, 0.15) is 30.9 Å². The molecule has 0 aliphatic carbocycles. The van der Waals surface area contributed by atoms with Gasteiger partial charge in [-0.15, -0.1) is 0 Å². The summed E-state index contributed by atoms with van der Waals surface area (Å²) >= 11 is 5.87. The van der Waals surface area contributed by atoms with Gasteiger partial charge in [-0.3, -0.25) is 4.79 Å². The van der Waals surface area contributed by atoms with Crippen molar-refractivity contribution in [2.45, 2.75) is 26.7 Å². The van der Waals surface area contributed by atoms with Crippen molar-refractivity contribution in [1.82, 2.24) is 0 Å². The number of anilines is 1. The number of hydrogen-bond acceptors (Lipinski definition) is 3. The maximum absolute atomic E-state index is 12.3. The fraction of sp³-hybridized carbons (Fsp3) is 0.208. The zero-order valence-corrected chi connectivity index (χ0v) is 17.5. The van der Waals surface area contributed by atoms with Crippen LogP contribution in [0.5, 0.6) is 17.2 Å². The van der Waals surface area contributed by atoms with Crippen LogP contribution in [0.25, 0.3) is 0 Å². The van der Waals surface area contributed by atoms with Crippen LogP contribution in [-0.4, -0.2) is 12.5 Å². The van der Waals surface area contributed by atoms with Crippen LogP contribution in [0.2, 0.25) is 5.02 Å². The molecule has 0 atom stereocenters. The lowest BCUT2D eigenvalue weighted by atomic mass is 10.0. The Balaban J connectivity index is 1.56. The number of rotatable bonds is 7. The molecule has 3 aromatic carbocycles. The molecule has 0 aromatic heterocycles. The minimum Gasteiger partial charge on any atom is -0.483 e. The number of carbonyl (C=O) groups excluding carboxylic acids is 1. The van der Waals surface area contributed by atoms with Crippen LogP contribution >= 0.6 is 11.6 Å². The summed E-state index contributed by atoms with van der Waals surface area (Å²) in [5, 5.41) is 3.49. The topological polar surface area (TPSA) is 47.6 Å². The Hall–Kier alpha value is -2.98. The maximum atomic E-state index is 12.3. The van der Waals surface area contributed by atoms with E-state index in [0.29, 0.717) is 28.1 Å². The van der Waals surface area contributed by atoms with E-state index in [0.717, 1.165) is 16.9 Å². The van der Waals surface area contributed by atoms with E-state index in [1.54, 1.807) is 48.5 Å². The van der Waals surface area contributed by atoms with Gasteiger partial charge < -0.3 is 14.8 Å². The summed E-state index contributed by atoms with van der Waals surface area (Å²) in [5.41, 5.74) is 2.86. The highest BCUT2D eigenvalue weighted by molar-refractivity contribution is 6.30. The van der Waals surface area contributed by atoms with E-state index in [2.05, 4.69) is 25.2 Å². The molecule has 0 aliphatic rings.